The molecule has 0 spiro atoms. The van der Waals surface area contributed by atoms with Crippen molar-refractivity contribution in [1.82, 2.24) is 0 Å². The van der Waals surface area contributed by atoms with Gasteiger partial charge in [0, 0.05) is 5.56 Å². The van der Waals surface area contributed by atoms with Crippen LogP contribution < -0.4 is 0 Å². The summed E-state index contributed by atoms with van der Waals surface area (Å²) >= 11 is 0. The Morgan fingerprint density at radius 3 is 2.11 bits per heavy atom. The fraction of sp³-hybridized carbons (Fsp3) is 0.222. The van der Waals surface area contributed by atoms with Gasteiger partial charge in [-0.3, -0.25) is 0 Å². The Labute approximate surface area is 110 Å². The first-order valence-electron chi connectivity index (χ1n) is 6.18. The molecule has 0 N–H and O–H groups in total. The minimum absolute atomic E-state index is 0.108. The maximum Gasteiger partial charge on any atom is 0.0251 e. The fourth-order valence-electron chi connectivity index (χ4n) is 1.94. The summed E-state index contributed by atoms with van der Waals surface area (Å²) in [6, 6.07) is 16.8. The van der Waals surface area contributed by atoms with Crippen molar-refractivity contribution in [3.8, 4) is 23.5 Å². The van der Waals surface area contributed by atoms with Crippen LogP contribution in [0.2, 0.25) is 0 Å². The Morgan fingerprint density at radius 2 is 1.56 bits per heavy atom. The number of hydrogen-bond acceptors (Lipinski definition) is 0. The van der Waals surface area contributed by atoms with Gasteiger partial charge in [-0.25, -0.2) is 0 Å². The van der Waals surface area contributed by atoms with Crippen LogP contribution in [-0.4, -0.2) is 0 Å². The Hall–Kier alpha value is -2.00. The first-order chi connectivity index (χ1) is 8.50. The average molecular weight is 234 g/mol. The molecule has 2 aromatic rings. The molecule has 0 heterocycles. The highest BCUT2D eigenvalue weighted by atomic mass is 14.2. The maximum atomic E-state index is 5.56. The van der Waals surface area contributed by atoms with Gasteiger partial charge in [-0.15, -0.1) is 6.42 Å². The van der Waals surface area contributed by atoms with Crippen molar-refractivity contribution in [3.05, 3.63) is 59.7 Å². The molecule has 0 aliphatic carbocycles. The summed E-state index contributed by atoms with van der Waals surface area (Å²) in [4.78, 5) is 0. The topological polar surface area (TPSA) is 0 Å². The molecule has 0 amide bonds. The smallest absolute Gasteiger partial charge is 0.0251 e. The van der Waals surface area contributed by atoms with Crippen LogP contribution in [0.15, 0.2) is 48.5 Å². The summed E-state index contributed by atoms with van der Waals surface area (Å²) in [5.41, 5.74) is 4.73. The van der Waals surface area contributed by atoms with Crippen LogP contribution in [-0.2, 0) is 5.41 Å². The van der Waals surface area contributed by atoms with Gasteiger partial charge in [0.1, 0.15) is 0 Å². The minimum Gasteiger partial charge on any atom is -0.115 e. The number of terminal acetylenes is 1. The lowest BCUT2D eigenvalue weighted by molar-refractivity contribution is 0.590. The van der Waals surface area contributed by atoms with Crippen LogP contribution in [0.25, 0.3) is 11.1 Å². The molecule has 0 aliphatic rings. The number of hydrogen-bond donors (Lipinski definition) is 0. The second-order valence-corrected chi connectivity index (χ2v) is 5.56. The molecule has 0 fully saturated rings. The number of rotatable bonds is 1. The largest absolute Gasteiger partial charge is 0.115 e. The van der Waals surface area contributed by atoms with Crippen LogP contribution in [0.4, 0.5) is 0 Å². The zero-order chi connectivity index (χ0) is 13.2. The fourth-order valence-corrected chi connectivity index (χ4v) is 1.94. The van der Waals surface area contributed by atoms with E-state index in [1.807, 2.05) is 6.07 Å². The lowest BCUT2D eigenvalue weighted by Crippen LogP contribution is -2.11. The summed E-state index contributed by atoms with van der Waals surface area (Å²) in [7, 11) is 0. The maximum absolute atomic E-state index is 5.56. The van der Waals surface area contributed by atoms with Crippen LogP contribution in [0.3, 0.4) is 0 Å². The standard InChI is InChI=1S/C18H18/c1-5-14-11-16(15-9-7-6-8-10-15)13-17(12-14)18(2,3)4/h1,6-13H,2-4H3. The van der Waals surface area contributed by atoms with E-state index in [1.165, 1.54) is 16.7 Å². The molecule has 0 aromatic heterocycles. The lowest BCUT2D eigenvalue weighted by Gasteiger charge is -2.20. The molecule has 0 nitrogen and oxygen atoms in total. The molecule has 0 saturated carbocycles. The second kappa shape index (κ2) is 4.70. The van der Waals surface area contributed by atoms with Gasteiger partial charge in [0.15, 0.2) is 0 Å². The summed E-state index contributed by atoms with van der Waals surface area (Å²) in [5.74, 6) is 2.75. The summed E-state index contributed by atoms with van der Waals surface area (Å²) < 4.78 is 0. The third kappa shape index (κ3) is 2.63. The molecule has 0 aliphatic heterocycles. The molecule has 0 unspecified atom stereocenters. The van der Waals surface area contributed by atoms with E-state index >= 15 is 0 Å². The predicted molar refractivity (Wildman–Crippen MR) is 78.5 cm³/mol. The van der Waals surface area contributed by atoms with Crippen molar-refractivity contribution in [2.45, 2.75) is 26.2 Å². The Balaban J connectivity index is 2.60. The van der Waals surface area contributed by atoms with Gasteiger partial charge in [-0.1, -0.05) is 63.1 Å². The molecular formula is C18H18. The number of benzene rings is 2. The van der Waals surface area contributed by atoms with E-state index in [-0.39, 0.29) is 5.41 Å². The van der Waals surface area contributed by atoms with Gasteiger partial charge in [0.05, 0.1) is 0 Å². The zero-order valence-electron chi connectivity index (χ0n) is 11.2. The van der Waals surface area contributed by atoms with Crippen molar-refractivity contribution < 1.29 is 0 Å². The third-order valence-corrected chi connectivity index (χ3v) is 3.07. The van der Waals surface area contributed by atoms with Crippen LogP contribution in [0.5, 0.6) is 0 Å². The van der Waals surface area contributed by atoms with Gasteiger partial charge in [0.25, 0.3) is 0 Å². The van der Waals surface area contributed by atoms with Crippen molar-refractivity contribution in [3.63, 3.8) is 0 Å². The van der Waals surface area contributed by atoms with Gasteiger partial charge in [-0.2, -0.15) is 0 Å². The highest BCUT2D eigenvalue weighted by molar-refractivity contribution is 5.66. The molecule has 0 heteroatoms. The Bertz CT molecular complexity index is 578. The highest BCUT2D eigenvalue weighted by Crippen LogP contribution is 2.29. The quantitative estimate of drug-likeness (QED) is 0.631. The summed E-state index contributed by atoms with van der Waals surface area (Å²) in [6.45, 7) is 6.62. The summed E-state index contributed by atoms with van der Waals surface area (Å²) in [5, 5.41) is 0. The van der Waals surface area contributed by atoms with Gasteiger partial charge in [0.2, 0.25) is 0 Å². The molecule has 18 heavy (non-hydrogen) atoms. The predicted octanol–water partition coefficient (Wildman–Crippen LogP) is 4.63. The van der Waals surface area contributed by atoms with E-state index in [2.05, 4.69) is 69.2 Å². The van der Waals surface area contributed by atoms with E-state index in [1.54, 1.807) is 0 Å². The van der Waals surface area contributed by atoms with E-state index < -0.39 is 0 Å². The second-order valence-electron chi connectivity index (χ2n) is 5.56. The van der Waals surface area contributed by atoms with Crippen molar-refractivity contribution in [2.24, 2.45) is 0 Å². The summed E-state index contributed by atoms with van der Waals surface area (Å²) in [6.07, 6.45) is 5.56. The van der Waals surface area contributed by atoms with E-state index in [0.29, 0.717) is 0 Å². The van der Waals surface area contributed by atoms with Crippen LogP contribution >= 0.6 is 0 Å². The Kier molecular flexibility index (Phi) is 3.26. The minimum atomic E-state index is 0.108. The lowest BCUT2D eigenvalue weighted by atomic mass is 9.84. The first kappa shape index (κ1) is 12.5. The van der Waals surface area contributed by atoms with Crippen molar-refractivity contribution in [2.75, 3.05) is 0 Å². The van der Waals surface area contributed by atoms with Gasteiger partial charge >= 0.3 is 0 Å². The molecular weight excluding hydrogens is 216 g/mol. The molecule has 90 valence electrons. The van der Waals surface area contributed by atoms with Gasteiger partial charge in [-0.05, 0) is 34.2 Å². The van der Waals surface area contributed by atoms with Gasteiger partial charge < -0.3 is 0 Å². The third-order valence-electron chi connectivity index (χ3n) is 3.07. The Morgan fingerprint density at radius 1 is 0.889 bits per heavy atom. The SMILES string of the molecule is C#Cc1cc(-c2ccccc2)cc(C(C)(C)C)c1. The molecule has 2 aromatic carbocycles. The normalized spacial score (nSPS) is 11.0. The van der Waals surface area contributed by atoms with Crippen LogP contribution in [0, 0.1) is 12.3 Å². The molecule has 0 saturated heterocycles. The van der Waals surface area contributed by atoms with E-state index in [9.17, 15) is 0 Å². The van der Waals surface area contributed by atoms with E-state index in [4.69, 9.17) is 6.42 Å². The highest BCUT2D eigenvalue weighted by Gasteiger charge is 2.15. The van der Waals surface area contributed by atoms with Crippen molar-refractivity contribution >= 4 is 0 Å². The molecule has 0 atom stereocenters. The van der Waals surface area contributed by atoms with E-state index in [0.717, 1.165) is 5.56 Å². The molecule has 2 rings (SSSR count). The average Bonchev–Trinajstić information content (AvgIpc) is 2.38. The van der Waals surface area contributed by atoms with Crippen LogP contribution in [0.1, 0.15) is 31.9 Å². The molecule has 0 radical (unpaired) electrons. The zero-order valence-corrected chi connectivity index (χ0v) is 11.2. The first-order valence-corrected chi connectivity index (χ1v) is 6.18. The molecule has 0 bridgehead atoms. The van der Waals surface area contributed by atoms with Crippen molar-refractivity contribution in [1.29, 1.82) is 0 Å². The monoisotopic (exact) mass is 234 g/mol.